The van der Waals surface area contributed by atoms with Crippen molar-refractivity contribution in [1.29, 1.82) is 0 Å². The molecule has 0 spiro atoms. The molecule has 2 fully saturated rings. The highest BCUT2D eigenvalue weighted by atomic mass is 28.3. The molecule has 2 aliphatic carbocycles. The second-order valence-corrected chi connectivity index (χ2v) is 7.51. The van der Waals surface area contributed by atoms with E-state index in [1.807, 2.05) is 0 Å². The van der Waals surface area contributed by atoms with Crippen LogP contribution in [0.25, 0.3) is 0 Å². The Balaban J connectivity index is 1.78. The summed E-state index contributed by atoms with van der Waals surface area (Å²) in [7, 11) is 0.921. The number of hydrogen-bond acceptors (Lipinski definition) is 1. The lowest BCUT2D eigenvalue weighted by molar-refractivity contribution is 0.354. The van der Waals surface area contributed by atoms with Gasteiger partial charge in [-0.15, -0.1) is 0 Å². The van der Waals surface area contributed by atoms with E-state index in [0.717, 1.165) is 28.2 Å². The Morgan fingerprint density at radius 2 is 2.27 bits per heavy atom. The molecule has 0 aliphatic heterocycles. The van der Waals surface area contributed by atoms with E-state index >= 15 is 0 Å². The summed E-state index contributed by atoms with van der Waals surface area (Å²) in [5.74, 6) is 3.37. The Morgan fingerprint density at radius 1 is 1.36 bits per heavy atom. The summed E-state index contributed by atoms with van der Waals surface area (Å²) in [5, 5.41) is 0. The van der Waals surface area contributed by atoms with Gasteiger partial charge in [-0.3, -0.25) is 0 Å². The topological polar surface area (TPSA) is 9.23 Å². The molecule has 0 aromatic rings. The second kappa shape index (κ2) is 3.41. The summed E-state index contributed by atoms with van der Waals surface area (Å²) in [4.78, 5) is 0. The fourth-order valence-corrected chi connectivity index (χ4v) is 4.95. The highest BCUT2D eigenvalue weighted by molar-refractivity contribution is 6.34. The fraction of sp³-hybridized carbons (Fsp3) is 1.00. The van der Waals surface area contributed by atoms with Crippen LogP contribution in [-0.4, -0.2) is 20.2 Å². The van der Waals surface area contributed by atoms with Gasteiger partial charge in [0, 0.05) is 0 Å². The van der Waals surface area contributed by atoms with Gasteiger partial charge in [0.25, 0.3) is 0 Å². The predicted molar refractivity (Wildman–Crippen MR) is 53.3 cm³/mol. The lowest BCUT2D eigenvalue weighted by Gasteiger charge is -2.20. The van der Waals surface area contributed by atoms with Crippen molar-refractivity contribution in [2.75, 3.05) is 0 Å². The smallest absolute Gasteiger partial charge is 0.146 e. The quantitative estimate of drug-likeness (QED) is 0.573. The Hall–Kier alpha value is 0.394. The number of rotatable bonds is 3. The summed E-state index contributed by atoms with van der Waals surface area (Å²) >= 11 is 0. The zero-order valence-electron chi connectivity index (χ0n) is 7.38. The lowest BCUT2D eigenvalue weighted by Crippen LogP contribution is -2.13. The molecule has 2 bridgehead atoms. The van der Waals surface area contributed by atoms with E-state index in [1.54, 1.807) is 25.7 Å². The first-order chi connectivity index (χ1) is 5.40. The summed E-state index contributed by atoms with van der Waals surface area (Å²) in [6, 6.07) is 1.49. The third kappa shape index (κ3) is 1.60. The molecule has 2 saturated carbocycles. The van der Waals surface area contributed by atoms with Crippen molar-refractivity contribution in [2.24, 2.45) is 17.8 Å². The zero-order chi connectivity index (χ0) is 7.68. The summed E-state index contributed by atoms with van der Waals surface area (Å²) in [6.07, 6.45) is 6.22. The van der Waals surface area contributed by atoms with Crippen molar-refractivity contribution in [3.63, 3.8) is 0 Å². The highest BCUT2D eigenvalue weighted by Crippen LogP contribution is 2.49. The minimum atomic E-state index is -0.0666. The molecular formula is C8H18OSi2. The monoisotopic (exact) mass is 186 g/mol. The zero-order valence-corrected chi connectivity index (χ0v) is 10.8. The predicted octanol–water partition coefficient (Wildman–Crippen LogP) is 0.222. The molecule has 2 aliphatic rings. The van der Waals surface area contributed by atoms with Crippen molar-refractivity contribution in [3.8, 4) is 0 Å². The maximum atomic E-state index is 5.39. The normalized spacial score (nSPS) is 43.1. The van der Waals surface area contributed by atoms with Crippen molar-refractivity contribution in [2.45, 2.75) is 31.7 Å². The van der Waals surface area contributed by atoms with E-state index in [2.05, 4.69) is 0 Å². The molecule has 11 heavy (non-hydrogen) atoms. The molecule has 0 aromatic carbocycles. The van der Waals surface area contributed by atoms with E-state index < -0.39 is 0 Å². The van der Waals surface area contributed by atoms with Gasteiger partial charge in [-0.05, 0) is 43.1 Å². The molecule has 3 atom stereocenters. The van der Waals surface area contributed by atoms with Crippen LogP contribution in [0.1, 0.15) is 25.7 Å². The first-order valence-corrected chi connectivity index (χ1v) is 7.28. The van der Waals surface area contributed by atoms with Gasteiger partial charge < -0.3 is 4.12 Å². The summed E-state index contributed by atoms with van der Waals surface area (Å²) in [6.45, 7) is 0. The minimum absolute atomic E-state index is 0.0666. The van der Waals surface area contributed by atoms with Gasteiger partial charge in [-0.1, -0.05) is 6.42 Å². The van der Waals surface area contributed by atoms with E-state index in [1.165, 1.54) is 6.04 Å². The van der Waals surface area contributed by atoms with Crippen LogP contribution >= 0.6 is 0 Å². The average molecular weight is 186 g/mol. The van der Waals surface area contributed by atoms with Gasteiger partial charge in [-0.2, -0.15) is 0 Å². The van der Waals surface area contributed by atoms with Crippen molar-refractivity contribution >= 4 is 20.2 Å². The molecule has 64 valence electrons. The van der Waals surface area contributed by atoms with E-state index in [9.17, 15) is 0 Å². The molecule has 2 rings (SSSR count). The molecule has 1 nitrogen and oxygen atoms in total. The molecule has 3 heteroatoms. The number of hydrogen-bond donors (Lipinski definition) is 0. The van der Waals surface area contributed by atoms with Gasteiger partial charge in [0.05, 0.1) is 0 Å². The lowest BCUT2D eigenvalue weighted by atomic mass is 9.90. The average Bonchev–Trinajstić information content (AvgIpc) is 2.60. The highest BCUT2D eigenvalue weighted by Gasteiger charge is 2.38. The number of fused-ring (bicyclic) bond motifs is 2. The second-order valence-electron chi connectivity index (χ2n) is 4.22. The van der Waals surface area contributed by atoms with E-state index in [-0.39, 0.29) is 9.76 Å². The standard InChI is InChI=1S/C8H18OSi2/c10-9-11-5-8-4-6-1-2-7(8)3-6/h6-8H,1-5,11H2,10H3. The molecule has 0 saturated heterocycles. The molecule has 3 unspecified atom stereocenters. The van der Waals surface area contributed by atoms with Crippen LogP contribution in [0, 0.1) is 17.8 Å². The first kappa shape index (κ1) is 8.01. The summed E-state index contributed by atoms with van der Waals surface area (Å²) in [5.41, 5.74) is 0. The third-order valence-corrected chi connectivity index (χ3v) is 6.19. The fourth-order valence-electron chi connectivity index (χ4n) is 3.00. The van der Waals surface area contributed by atoms with Crippen LogP contribution < -0.4 is 0 Å². The maximum Gasteiger partial charge on any atom is 0.146 e. The minimum Gasteiger partial charge on any atom is -0.468 e. The van der Waals surface area contributed by atoms with Gasteiger partial charge in [0.1, 0.15) is 20.2 Å². The Bertz CT molecular complexity index is 140. The SMILES string of the molecule is [SiH3]O[SiH2]CC1CC2CCC1C2. The molecule has 0 aromatic heterocycles. The Labute approximate surface area is 74.4 Å². The van der Waals surface area contributed by atoms with Crippen molar-refractivity contribution < 1.29 is 4.12 Å². The maximum absolute atomic E-state index is 5.39. The molecule has 0 heterocycles. The Morgan fingerprint density at radius 3 is 2.82 bits per heavy atom. The van der Waals surface area contributed by atoms with E-state index in [4.69, 9.17) is 4.12 Å². The van der Waals surface area contributed by atoms with Crippen LogP contribution in [0.4, 0.5) is 0 Å². The molecule has 0 radical (unpaired) electrons. The van der Waals surface area contributed by atoms with Crippen molar-refractivity contribution in [1.82, 2.24) is 0 Å². The largest absolute Gasteiger partial charge is 0.468 e. The molecule has 0 N–H and O–H groups in total. The van der Waals surface area contributed by atoms with Crippen LogP contribution in [0.2, 0.25) is 6.04 Å². The van der Waals surface area contributed by atoms with Crippen LogP contribution in [0.15, 0.2) is 0 Å². The van der Waals surface area contributed by atoms with E-state index in [0.29, 0.717) is 0 Å². The Kier molecular flexibility index (Phi) is 2.49. The van der Waals surface area contributed by atoms with Gasteiger partial charge >= 0.3 is 0 Å². The van der Waals surface area contributed by atoms with Gasteiger partial charge in [0.2, 0.25) is 0 Å². The molecule has 0 amide bonds. The third-order valence-electron chi connectivity index (χ3n) is 3.58. The van der Waals surface area contributed by atoms with Crippen LogP contribution in [0.5, 0.6) is 0 Å². The first-order valence-electron chi connectivity index (χ1n) is 4.89. The van der Waals surface area contributed by atoms with Crippen LogP contribution in [0.3, 0.4) is 0 Å². The van der Waals surface area contributed by atoms with Crippen molar-refractivity contribution in [3.05, 3.63) is 0 Å². The molecular weight excluding hydrogens is 168 g/mol. The van der Waals surface area contributed by atoms with Gasteiger partial charge in [-0.25, -0.2) is 0 Å². The summed E-state index contributed by atoms with van der Waals surface area (Å²) < 4.78 is 5.39. The van der Waals surface area contributed by atoms with Crippen LogP contribution in [-0.2, 0) is 4.12 Å². The van der Waals surface area contributed by atoms with Gasteiger partial charge in [0.15, 0.2) is 0 Å².